The standard InChI is InChI=1S/C12H18N2O/c1-12(2,3)9-4-5-10-8(6-9)7-11(15)14-13-10/h7,9H,4-6H2,1-3H3,(H,14,15). The lowest BCUT2D eigenvalue weighted by atomic mass is 9.72. The maximum absolute atomic E-state index is 11.2. The van der Waals surface area contributed by atoms with Crippen molar-refractivity contribution in [2.24, 2.45) is 11.3 Å². The van der Waals surface area contributed by atoms with Gasteiger partial charge in [-0.05, 0) is 36.2 Å². The minimum Gasteiger partial charge on any atom is -0.268 e. The Morgan fingerprint density at radius 3 is 2.87 bits per heavy atom. The number of hydrogen-bond acceptors (Lipinski definition) is 2. The number of nitrogens with one attached hydrogen (secondary N) is 1. The molecule has 0 aromatic carbocycles. The van der Waals surface area contributed by atoms with Crippen LogP contribution >= 0.6 is 0 Å². The molecule has 0 radical (unpaired) electrons. The van der Waals surface area contributed by atoms with Crippen LogP contribution in [-0.4, -0.2) is 10.2 Å². The molecule has 1 unspecified atom stereocenters. The van der Waals surface area contributed by atoms with Crippen molar-refractivity contribution in [2.75, 3.05) is 0 Å². The Balaban J connectivity index is 2.30. The molecule has 1 aromatic rings. The highest BCUT2D eigenvalue weighted by Gasteiger charge is 2.29. The Bertz CT molecular complexity index is 414. The smallest absolute Gasteiger partial charge is 0.264 e. The number of aryl methyl sites for hydroxylation is 1. The summed E-state index contributed by atoms with van der Waals surface area (Å²) in [5.41, 5.74) is 2.46. The van der Waals surface area contributed by atoms with E-state index in [2.05, 4.69) is 31.0 Å². The summed E-state index contributed by atoms with van der Waals surface area (Å²) < 4.78 is 0. The number of aromatic amines is 1. The average molecular weight is 206 g/mol. The van der Waals surface area contributed by atoms with Gasteiger partial charge in [0.1, 0.15) is 0 Å². The topological polar surface area (TPSA) is 45.8 Å². The van der Waals surface area contributed by atoms with E-state index < -0.39 is 0 Å². The minimum absolute atomic E-state index is 0.0803. The van der Waals surface area contributed by atoms with Gasteiger partial charge in [0.25, 0.3) is 5.56 Å². The number of rotatable bonds is 0. The molecule has 1 aromatic heterocycles. The van der Waals surface area contributed by atoms with Gasteiger partial charge in [-0.2, -0.15) is 5.10 Å². The second-order valence-electron chi connectivity index (χ2n) is 5.51. The fourth-order valence-corrected chi connectivity index (χ4v) is 2.28. The van der Waals surface area contributed by atoms with Crippen molar-refractivity contribution < 1.29 is 0 Å². The third kappa shape index (κ3) is 2.11. The van der Waals surface area contributed by atoms with Gasteiger partial charge in [0, 0.05) is 6.07 Å². The molecule has 0 saturated carbocycles. The lowest BCUT2D eigenvalue weighted by Gasteiger charge is -2.34. The van der Waals surface area contributed by atoms with Crippen molar-refractivity contribution in [3.05, 3.63) is 27.7 Å². The molecule has 0 spiro atoms. The van der Waals surface area contributed by atoms with Crippen molar-refractivity contribution in [3.8, 4) is 0 Å². The molecule has 3 heteroatoms. The zero-order valence-corrected chi connectivity index (χ0v) is 9.63. The Morgan fingerprint density at radius 2 is 2.20 bits per heavy atom. The highest BCUT2D eigenvalue weighted by molar-refractivity contribution is 5.21. The van der Waals surface area contributed by atoms with Crippen LogP contribution in [0.2, 0.25) is 0 Å². The van der Waals surface area contributed by atoms with Gasteiger partial charge in [-0.15, -0.1) is 0 Å². The van der Waals surface area contributed by atoms with Crippen LogP contribution in [0.15, 0.2) is 10.9 Å². The molecule has 0 bridgehead atoms. The molecule has 15 heavy (non-hydrogen) atoms. The predicted octanol–water partition coefficient (Wildman–Crippen LogP) is 1.92. The number of hydrogen-bond donors (Lipinski definition) is 1. The summed E-state index contributed by atoms with van der Waals surface area (Å²) >= 11 is 0. The second-order valence-corrected chi connectivity index (χ2v) is 5.51. The Labute approximate surface area is 89.9 Å². The first-order chi connectivity index (χ1) is 6.97. The molecule has 1 atom stereocenters. The lowest BCUT2D eigenvalue weighted by Crippen LogP contribution is -2.28. The fraction of sp³-hybridized carbons (Fsp3) is 0.667. The molecule has 2 rings (SSSR count). The van der Waals surface area contributed by atoms with Crippen LogP contribution in [-0.2, 0) is 12.8 Å². The van der Waals surface area contributed by atoms with E-state index in [1.165, 1.54) is 6.42 Å². The summed E-state index contributed by atoms with van der Waals surface area (Å²) in [4.78, 5) is 11.2. The lowest BCUT2D eigenvalue weighted by molar-refractivity contribution is 0.214. The van der Waals surface area contributed by atoms with E-state index in [-0.39, 0.29) is 5.56 Å². The van der Waals surface area contributed by atoms with Crippen molar-refractivity contribution in [3.63, 3.8) is 0 Å². The summed E-state index contributed by atoms with van der Waals surface area (Å²) in [5.74, 6) is 0.661. The first-order valence-corrected chi connectivity index (χ1v) is 5.54. The van der Waals surface area contributed by atoms with E-state index in [1.807, 2.05) is 0 Å². The van der Waals surface area contributed by atoms with E-state index in [0.29, 0.717) is 11.3 Å². The number of H-pyrrole nitrogens is 1. The highest BCUT2D eigenvalue weighted by atomic mass is 16.1. The quantitative estimate of drug-likeness (QED) is 0.705. The zero-order valence-electron chi connectivity index (χ0n) is 9.63. The fourth-order valence-electron chi connectivity index (χ4n) is 2.28. The summed E-state index contributed by atoms with van der Waals surface area (Å²) in [5, 5.41) is 6.61. The van der Waals surface area contributed by atoms with E-state index in [4.69, 9.17) is 0 Å². The third-order valence-corrected chi connectivity index (χ3v) is 3.40. The van der Waals surface area contributed by atoms with E-state index in [9.17, 15) is 4.79 Å². The predicted molar refractivity (Wildman–Crippen MR) is 59.8 cm³/mol. The molecular formula is C12H18N2O. The van der Waals surface area contributed by atoms with Crippen molar-refractivity contribution in [2.45, 2.75) is 40.0 Å². The molecule has 0 saturated heterocycles. The highest BCUT2D eigenvalue weighted by Crippen LogP contribution is 2.35. The van der Waals surface area contributed by atoms with Gasteiger partial charge in [-0.3, -0.25) is 4.79 Å². The van der Waals surface area contributed by atoms with Crippen LogP contribution < -0.4 is 5.56 Å². The summed E-state index contributed by atoms with van der Waals surface area (Å²) in [6, 6.07) is 1.71. The first kappa shape index (κ1) is 10.4. The normalized spacial score (nSPS) is 21.1. The van der Waals surface area contributed by atoms with Gasteiger partial charge in [-0.25, -0.2) is 5.10 Å². The van der Waals surface area contributed by atoms with Gasteiger partial charge in [0.05, 0.1) is 5.69 Å². The van der Waals surface area contributed by atoms with Gasteiger partial charge < -0.3 is 0 Å². The first-order valence-electron chi connectivity index (χ1n) is 5.54. The van der Waals surface area contributed by atoms with Crippen LogP contribution in [0.5, 0.6) is 0 Å². The monoisotopic (exact) mass is 206 g/mol. The molecule has 1 N–H and O–H groups in total. The Hall–Kier alpha value is -1.12. The summed E-state index contributed by atoms with van der Waals surface area (Å²) in [6.07, 6.45) is 3.17. The minimum atomic E-state index is -0.0803. The van der Waals surface area contributed by atoms with Gasteiger partial charge in [-0.1, -0.05) is 20.8 Å². The Morgan fingerprint density at radius 1 is 1.47 bits per heavy atom. The second kappa shape index (κ2) is 3.47. The molecule has 0 fully saturated rings. The summed E-state index contributed by atoms with van der Waals surface area (Å²) in [6.45, 7) is 6.80. The van der Waals surface area contributed by atoms with Crippen LogP contribution in [0, 0.1) is 11.3 Å². The van der Waals surface area contributed by atoms with E-state index in [1.54, 1.807) is 6.07 Å². The van der Waals surface area contributed by atoms with Crippen LogP contribution in [0.25, 0.3) is 0 Å². The van der Waals surface area contributed by atoms with Gasteiger partial charge in [0.2, 0.25) is 0 Å². The molecule has 3 nitrogen and oxygen atoms in total. The molecular weight excluding hydrogens is 188 g/mol. The van der Waals surface area contributed by atoms with Crippen molar-refractivity contribution in [1.29, 1.82) is 0 Å². The van der Waals surface area contributed by atoms with Crippen LogP contribution in [0.3, 0.4) is 0 Å². The van der Waals surface area contributed by atoms with E-state index in [0.717, 1.165) is 24.1 Å². The zero-order chi connectivity index (χ0) is 11.1. The van der Waals surface area contributed by atoms with Crippen molar-refractivity contribution in [1.82, 2.24) is 10.2 Å². The maximum Gasteiger partial charge on any atom is 0.264 e. The summed E-state index contributed by atoms with van der Waals surface area (Å²) in [7, 11) is 0. The molecule has 0 amide bonds. The Kier molecular flexibility index (Phi) is 2.41. The van der Waals surface area contributed by atoms with Gasteiger partial charge in [0.15, 0.2) is 0 Å². The molecule has 82 valence electrons. The molecule has 1 aliphatic rings. The molecule has 0 aliphatic heterocycles. The maximum atomic E-state index is 11.2. The third-order valence-electron chi connectivity index (χ3n) is 3.40. The number of fused-ring (bicyclic) bond motifs is 1. The number of aromatic nitrogens is 2. The largest absolute Gasteiger partial charge is 0.268 e. The van der Waals surface area contributed by atoms with Gasteiger partial charge >= 0.3 is 0 Å². The molecule has 1 heterocycles. The van der Waals surface area contributed by atoms with Crippen LogP contribution in [0.4, 0.5) is 0 Å². The number of nitrogens with zero attached hydrogens (tertiary/aromatic N) is 1. The SMILES string of the molecule is CC(C)(C)C1CCc2n[nH]c(=O)cc2C1. The van der Waals surface area contributed by atoms with Crippen molar-refractivity contribution >= 4 is 0 Å². The molecule has 1 aliphatic carbocycles. The van der Waals surface area contributed by atoms with Crippen LogP contribution in [0.1, 0.15) is 38.4 Å². The average Bonchev–Trinajstić information content (AvgIpc) is 2.15. The van der Waals surface area contributed by atoms with E-state index >= 15 is 0 Å².